The van der Waals surface area contributed by atoms with E-state index in [-0.39, 0.29) is 0 Å². The largest absolute Gasteiger partial charge is 0.248 e. The quantitative estimate of drug-likeness (QED) is 0.570. The number of nitrogens with zero attached hydrogens (tertiary/aromatic N) is 1. The minimum atomic E-state index is -1.14. The van der Waals surface area contributed by atoms with Crippen LogP contribution < -0.4 is 0 Å². The maximum Gasteiger partial charge on any atom is 0.0775 e. The topological polar surface area (TPSA) is 12.4 Å². The molecule has 0 aromatic heterocycles. The van der Waals surface area contributed by atoms with Crippen LogP contribution in [-0.4, -0.2) is 10.8 Å². The van der Waals surface area contributed by atoms with Crippen LogP contribution in [0.1, 0.15) is 32.1 Å². The van der Waals surface area contributed by atoms with E-state index < -0.39 is 8.09 Å². The summed E-state index contributed by atoms with van der Waals surface area (Å²) in [4.78, 5) is 5.88. The van der Waals surface area contributed by atoms with E-state index in [1.165, 1.54) is 37.0 Å². The molecule has 0 saturated heterocycles. The van der Waals surface area contributed by atoms with Gasteiger partial charge in [-0.05, 0) is 25.0 Å². The molecule has 1 nitrogen and oxygen atoms in total. The van der Waals surface area contributed by atoms with Gasteiger partial charge in [0.1, 0.15) is 0 Å². The molecule has 1 atom stereocenters. The van der Waals surface area contributed by atoms with Crippen LogP contribution in [-0.2, 0) is 0 Å². The molecule has 1 aliphatic carbocycles. The van der Waals surface area contributed by atoms with Crippen LogP contribution in [0.3, 0.4) is 0 Å². The monoisotopic (exact) mass is 283 g/mol. The van der Waals surface area contributed by atoms with Gasteiger partial charge in [0.05, 0.1) is 11.2 Å². The van der Waals surface area contributed by atoms with Crippen LogP contribution in [0.5, 0.6) is 0 Å². The van der Waals surface area contributed by atoms with Crippen molar-refractivity contribution in [1.82, 2.24) is 0 Å². The van der Waals surface area contributed by atoms with E-state index in [0.29, 0.717) is 0 Å². The Hall–Kier alpha value is -0.0600. The Labute approximate surface area is 113 Å². The van der Waals surface area contributed by atoms with Gasteiger partial charge in [0, 0.05) is 10.1 Å². The van der Waals surface area contributed by atoms with Gasteiger partial charge in [0.15, 0.2) is 0 Å². The van der Waals surface area contributed by atoms with Gasteiger partial charge in [-0.15, -0.1) is 11.7 Å². The van der Waals surface area contributed by atoms with E-state index in [1.807, 2.05) is 0 Å². The van der Waals surface area contributed by atoms with Crippen LogP contribution in [0.4, 0.5) is 5.69 Å². The van der Waals surface area contributed by atoms with Crippen molar-refractivity contribution in [3.63, 3.8) is 0 Å². The smallest absolute Gasteiger partial charge is 0.0775 e. The summed E-state index contributed by atoms with van der Waals surface area (Å²) in [5, 5.41) is 0.786. The van der Waals surface area contributed by atoms with Crippen LogP contribution in [0.2, 0.25) is 0 Å². The standard InChI is InChI=1S/C13H17NS3/c15-17(16-11-6-2-1-3-7-11)10-14-12-8-4-5-9-13(12)17/h4-5,8-11,15H,1-3,6-7H2. The molecule has 1 aliphatic heterocycles. The fourth-order valence-electron chi connectivity index (χ4n) is 2.44. The Morgan fingerprint density at radius 1 is 1.18 bits per heavy atom. The van der Waals surface area contributed by atoms with Crippen molar-refractivity contribution in [3.8, 4) is 0 Å². The summed E-state index contributed by atoms with van der Waals surface area (Å²) in [6, 6.07) is 8.45. The molecular weight excluding hydrogens is 266 g/mol. The minimum absolute atomic E-state index is 0.786. The second-order valence-corrected chi connectivity index (χ2v) is 11.9. The molecule has 0 radical (unpaired) electrons. The first-order chi connectivity index (χ1) is 8.28. The lowest BCUT2D eigenvalue weighted by Crippen LogP contribution is -2.09. The van der Waals surface area contributed by atoms with E-state index in [2.05, 4.69) is 45.6 Å². The summed E-state index contributed by atoms with van der Waals surface area (Å²) in [6.45, 7) is 0. The van der Waals surface area contributed by atoms with Crippen molar-refractivity contribution in [2.45, 2.75) is 42.2 Å². The SMILES string of the molecule is SS1(SC2CCCCC2)C=Nc2ccccc21. The van der Waals surface area contributed by atoms with E-state index in [4.69, 9.17) is 11.7 Å². The highest BCUT2D eigenvalue weighted by Gasteiger charge is 2.31. The van der Waals surface area contributed by atoms with Gasteiger partial charge in [0.25, 0.3) is 0 Å². The molecule has 1 aromatic rings. The predicted molar refractivity (Wildman–Crippen MR) is 83.9 cm³/mol. The van der Waals surface area contributed by atoms with Gasteiger partial charge in [-0.3, -0.25) is 0 Å². The zero-order valence-corrected chi connectivity index (χ0v) is 12.2. The first-order valence-corrected chi connectivity index (χ1v) is 10.3. The van der Waals surface area contributed by atoms with Crippen LogP contribution in [0.15, 0.2) is 34.2 Å². The average Bonchev–Trinajstić information content (AvgIpc) is 2.69. The number of benzene rings is 1. The number of para-hydroxylation sites is 1. The Balaban J connectivity index is 1.81. The normalized spacial score (nSPS) is 32.1. The Morgan fingerprint density at radius 3 is 2.76 bits per heavy atom. The third-order valence-corrected chi connectivity index (χ3v) is 9.89. The second kappa shape index (κ2) is 4.90. The molecule has 3 rings (SSSR count). The fourth-order valence-corrected chi connectivity index (χ4v) is 9.13. The molecule has 0 spiro atoms. The molecule has 0 bridgehead atoms. The molecule has 0 N–H and O–H groups in total. The molecule has 4 heteroatoms. The number of thiol groups is 1. The highest BCUT2D eigenvalue weighted by atomic mass is 33.5. The van der Waals surface area contributed by atoms with Crippen LogP contribution in [0.25, 0.3) is 0 Å². The Kier molecular flexibility index (Phi) is 3.46. The molecule has 1 heterocycles. The summed E-state index contributed by atoms with van der Waals surface area (Å²) in [6.07, 6.45) is 6.90. The molecular formula is C13H17NS3. The van der Waals surface area contributed by atoms with Crippen molar-refractivity contribution >= 4 is 41.8 Å². The van der Waals surface area contributed by atoms with Gasteiger partial charge < -0.3 is 0 Å². The minimum Gasteiger partial charge on any atom is -0.248 e. The molecule has 92 valence electrons. The highest BCUT2D eigenvalue weighted by molar-refractivity contribution is 9.26. The predicted octanol–water partition coefficient (Wildman–Crippen LogP) is 5.35. The molecule has 1 saturated carbocycles. The molecule has 1 fully saturated rings. The van der Waals surface area contributed by atoms with Crippen molar-refractivity contribution in [2.24, 2.45) is 4.99 Å². The molecule has 1 aromatic carbocycles. The molecule has 1 unspecified atom stereocenters. The lowest BCUT2D eigenvalue weighted by Gasteiger charge is -2.32. The molecule has 0 amide bonds. The maximum atomic E-state index is 4.97. The molecule has 2 aliphatic rings. The van der Waals surface area contributed by atoms with E-state index >= 15 is 0 Å². The van der Waals surface area contributed by atoms with Crippen molar-refractivity contribution in [2.75, 3.05) is 0 Å². The Bertz CT molecular complexity index is 440. The highest BCUT2D eigenvalue weighted by Crippen LogP contribution is 2.74. The molecule has 17 heavy (non-hydrogen) atoms. The van der Waals surface area contributed by atoms with Crippen molar-refractivity contribution in [3.05, 3.63) is 24.3 Å². The van der Waals surface area contributed by atoms with Crippen LogP contribution in [0, 0.1) is 0 Å². The fraction of sp³-hybridized carbons (Fsp3) is 0.462. The van der Waals surface area contributed by atoms with E-state index in [9.17, 15) is 0 Å². The van der Waals surface area contributed by atoms with Crippen molar-refractivity contribution in [1.29, 1.82) is 0 Å². The third-order valence-electron chi connectivity index (χ3n) is 3.35. The maximum absolute atomic E-state index is 4.97. The number of aliphatic imine (C=N–C) groups is 1. The number of fused-ring (bicyclic) bond motifs is 1. The summed E-state index contributed by atoms with van der Waals surface area (Å²) < 4.78 is 0. The summed E-state index contributed by atoms with van der Waals surface area (Å²) in [5.41, 5.74) is 3.22. The number of hydrogen-bond donors (Lipinski definition) is 1. The number of rotatable bonds is 2. The summed E-state index contributed by atoms with van der Waals surface area (Å²) >= 11 is 4.97. The number of hydrogen-bond acceptors (Lipinski definition) is 3. The van der Waals surface area contributed by atoms with Gasteiger partial charge in [-0.25, -0.2) is 4.99 Å². The van der Waals surface area contributed by atoms with E-state index in [0.717, 1.165) is 10.9 Å². The Morgan fingerprint density at radius 2 is 1.94 bits per heavy atom. The van der Waals surface area contributed by atoms with Gasteiger partial charge >= 0.3 is 0 Å². The van der Waals surface area contributed by atoms with Gasteiger partial charge in [-0.2, -0.15) is 0 Å². The first kappa shape index (κ1) is 12.0. The summed E-state index contributed by atoms with van der Waals surface area (Å²) in [5.74, 6) is 0. The van der Waals surface area contributed by atoms with Gasteiger partial charge in [0.2, 0.25) is 0 Å². The van der Waals surface area contributed by atoms with E-state index in [1.54, 1.807) is 0 Å². The lowest BCUT2D eigenvalue weighted by molar-refractivity contribution is 0.517. The van der Waals surface area contributed by atoms with Crippen LogP contribution >= 0.6 is 30.5 Å². The zero-order valence-electron chi connectivity index (χ0n) is 9.71. The van der Waals surface area contributed by atoms with Crippen molar-refractivity contribution < 1.29 is 0 Å². The van der Waals surface area contributed by atoms with Gasteiger partial charge in [-0.1, -0.05) is 50.3 Å². The average molecular weight is 283 g/mol. The third kappa shape index (κ3) is 2.40. The zero-order chi connectivity index (χ0) is 11.7. The second-order valence-electron chi connectivity index (χ2n) is 4.63. The first-order valence-electron chi connectivity index (χ1n) is 6.15. The summed E-state index contributed by atoms with van der Waals surface area (Å²) in [7, 11) is 0.928. The lowest BCUT2D eigenvalue weighted by atomic mass is 10.0.